The van der Waals surface area contributed by atoms with Crippen LogP contribution in [-0.2, 0) is 14.4 Å². The Balaban J connectivity index is 1.57. The second-order valence-electron chi connectivity index (χ2n) is 6.29. The molecule has 1 saturated carbocycles. The summed E-state index contributed by atoms with van der Waals surface area (Å²) in [5.74, 6) is 0.0947. The molecule has 1 aliphatic carbocycles. The number of imide groups is 1. The molecule has 0 radical (unpaired) electrons. The molecule has 0 spiro atoms. The molecule has 3 rings (SSSR count). The van der Waals surface area contributed by atoms with E-state index in [0.29, 0.717) is 5.92 Å². The predicted molar refractivity (Wildman–Crippen MR) is 87.7 cm³/mol. The minimum absolute atomic E-state index is 0.0648. The Morgan fingerprint density at radius 1 is 1.26 bits per heavy atom. The molecule has 124 valence electrons. The fourth-order valence-corrected chi connectivity index (χ4v) is 4.38. The van der Waals surface area contributed by atoms with Crippen molar-refractivity contribution >= 4 is 29.1 Å². The summed E-state index contributed by atoms with van der Waals surface area (Å²) in [4.78, 5) is 37.9. The zero-order chi connectivity index (χ0) is 16.2. The number of likely N-dealkylation sites (tertiary alicyclic amines) is 1. The SMILES string of the molecule is O=C(CCN1C(=O)CCC1=O)NC(c1cccs1)C1CCCC1. The highest BCUT2D eigenvalue weighted by molar-refractivity contribution is 7.10. The Kier molecular flexibility index (Phi) is 5.10. The van der Waals surface area contributed by atoms with Gasteiger partial charge in [-0.05, 0) is 30.2 Å². The molecular weight excluding hydrogens is 312 g/mol. The van der Waals surface area contributed by atoms with Gasteiger partial charge in [0.25, 0.3) is 0 Å². The summed E-state index contributed by atoms with van der Waals surface area (Å²) >= 11 is 1.67. The third-order valence-electron chi connectivity index (χ3n) is 4.75. The maximum Gasteiger partial charge on any atom is 0.229 e. The molecular formula is C17H22N2O3S. The lowest BCUT2D eigenvalue weighted by Gasteiger charge is -2.24. The zero-order valence-corrected chi connectivity index (χ0v) is 13.9. The largest absolute Gasteiger partial charge is 0.348 e. The van der Waals surface area contributed by atoms with Crippen LogP contribution in [-0.4, -0.2) is 29.2 Å². The quantitative estimate of drug-likeness (QED) is 0.813. The number of carbonyl (C=O) groups is 3. The Bertz CT molecular complexity index is 563. The van der Waals surface area contributed by atoms with E-state index in [-0.39, 0.29) is 49.6 Å². The lowest BCUT2D eigenvalue weighted by atomic mass is 9.96. The second kappa shape index (κ2) is 7.25. The van der Waals surface area contributed by atoms with E-state index in [4.69, 9.17) is 0 Å². The summed E-state index contributed by atoms with van der Waals surface area (Å²) in [6.07, 6.45) is 5.48. The van der Waals surface area contributed by atoms with Gasteiger partial charge in [0.2, 0.25) is 17.7 Å². The maximum atomic E-state index is 12.3. The number of amides is 3. The number of nitrogens with zero attached hydrogens (tertiary/aromatic N) is 1. The smallest absolute Gasteiger partial charge is 0.229 e. The molecule has 1 aromatic rings. The molecule has 2 aliphatic rings. The molecule has 6 heteroatoms. The second-order valence-corrected chi connectivity index (χ2v) is 7.27. The van der Waals surface area contributed by atoms with E-state index in [0.717, 1.165) is 12.8 Å². The Hall–Kier alpha value is -1.69. The number of hydrogen-bond donors (Lipinski definition) is 1. The van der Waals surface area contributed by atoms with Gasteiger partial charge in [-0.2, -0.15) is 0 Å². The first-order valence-electron chi connectivity index (χ1n) is 8.31. The highest BCUT2D eigenvalue weighted by Crippen LogP contribution is 2.37. The van der Waals surface area contributed by atoms with Crippen LogP contribution in [0.5, 0.6) is 0 Å². The lowest BCUT2D eigenvalue weighted by Crippen LogP contribution is -2.36. The van der Waals surface area contributed by atoms with Gasteiger partial charge < -0.3 is 5.32 Å². The predicted octanol–water partition coefficient (Wildman–Crippen LogP) is 2.63. The molecule has 5 nitrogen and oxygen atoms in total. The van der Waals surface area contributed by atoms with Crippen LogP contribution in [0.1, 0.15) is 55.9 Å². The summed E-state index contributed by atoms with van der Waals surface area (Å²) < 4.78 is 0. The summed E-state index contributed by atoms with van der Waals surface area (Å²) in [5.41, 5.74) is 0. The Labute approximate surface area is 140 Å². The van der Waals surface area contributed by atoms with Gasteiger partial charge in [0.05, 0.1) is 6.04 Å². The molecule has 1 unspecified atom stereocenters. The fraction of sp³-hybridized carbons (Fsp3) is 0.588. The van der Waals surface area contributed by atoms with Crippen molar-refractivity contribution in [2.24, 2.45) is 5.92 Å². The van der Waals surface area contributed by atoms with E-state index in [9.17, 15) is 14.4 Å². The van der Waals surface area contributed by atoms with Gasteiger partial charge in [0.1, 0.15) is 0 Å². The van der Waals surface area contributed by atoms with E-state index in [1.807, 2.05) is 11.4 Å². The first-order valence-corrected chi connectivity index (χ1v) is 9.19. The van der Waals surface area contributed by atoms with Crippen LogP contribution in [0.15, 0.2) is 17.5 Å². The van der Waals surface area contributed by atoms with Crippen LogP contribution >= 0.6 is 11.3 Å². The van der Waals surface area contributed by atoms with Crippen LogP contribution in [0.25, 0.3) is 0 Å². The van der Waals surface area contributed by atoms with Crippen LogP contribution in [0.3, 0.4) is 0 Å². The van der Waals surface area contributed by atoms with Crippen molar-refractivity contribution in [2.45, 2.75) is 51.0 Å². The van der Waals surface area contributed by atoms with Crippen LogP contribution in [0.4, 0.5) is 0 Å². The molecule has 2 fully saturated rings. The van der Waals surface area contributed by atoms with Crippen molar-refractivity contribution in [3.63, 3.8) is 0 Å². The van der Waals surface area contributed by atoms with Gasteiger partial charge in [-0.3, -0.25) is 19.3 Å². The Morgan fingerprint density at radius 3 is 2.57 bits per heavy atom. The van der Waals surface area contributed by atoms with E-state index in [1.54, 1.807) is 11.3 Å². The first kappa shape index (κ1) is 16.2. The maximum absolute atomic E-state index is 12.3. The lowest BCUT2D eigenvalue weighted by molar-refractivity contribution is -0.138. The number of carbonyl (C=O) groups excluding carboxylic acids is 3. The minimum Gasteiger partial charge on any atom is -0.348 e. The highest BCUT2D eigenvalue weighted by atomic mass is 32.1. The Morgan fingerprint density at radius 2 is 1.96 bits per heavy atom. The fourth-order valence-electron chi connectivity index (χ4n) is 3.51. The summed E-state index contributed by atoms with van der Waals surface area (Å²) in [6, 6.07) is 4.15. The summed E-state index contributed by atoms with van der Waals surface area (Å²) in [7, 11) is 0. The molecule has 1 atom stereocenters. The van der Waals surface area contributed by atoms with Gasteiger partial charge >= 0.3 is 0 Å². The van der Waals surface area contributed by atoms with Gasteiger partial charge in [0, 0.05) is 30.7 Å². The van der Waals surface area contributed by atoms with Crippen LogP contribution in [0, 0.1) is 5.92 Å². The van der Waals surface area contributed by atoms with Crippen molar-refractivity contribution < 1.29 is 14.4 Å². The number of thiophene rings is 1. The molecule has 1 aromatic heterocycles. The van der Waals surface area contributed by atoms with Crippen molar-refractivity contribution in [3.8, 4) is 0 Å². The third-order valence-corrected chi connectivity index (χ3v) is 5.71. The molecule has 23 heavy (non-hydrogen) atoms. The van der Waals surface area contributed by atoms with Crippen molar-refractivity contribution in [1.82, 2.24) is 10.2 Å². The molecule has 0 aromatic carbocycles. The number of nitrogens with one attached hydrogen (secondary N) is 1. The molecule has 3 amide bonds. The summed E-state index contributed by atoms with van der Waals surface area (Å²) in [5, 5.41) is 5.17. The van der Waals surface area contributed by atoms with Gasteiger partial charge in [-0.15, -0.1) is 11.3 Å². The van der Waals surface area contributed by atoms with Gasteiger partial charge in [-0.25, -0.2) is 0 Å². The standard InChI is InChI=1S/C17H22N2O3S/c20-14(9-10-19-15(21)7-8-16(19)22)18-17(12-4-1-2-5-12)13-6-3-11-23-13/h3,6,11-12,17H,1-2,4-5,7-10H2,(H,18,20). The third kappa shape index (κ3) is 3.80. The average molecular weight is 334 g/mol. The van der Waals surface area contributed by atoms with Gasteiger partial charge in [-0.1, -0.05) is 18.9 Å². The normalized spacial score (nSPS) is 20.3. The highest BCUT2D eigenvalue weighted by Gasteiger charge is 2.31. The van der Waals surface area contributed by atoms with Crippen LogP contribution in [0.2, 0.25) is 0 Å². The zero-order valence-electron chi connectivity index (χ0n) is 13.1. The van der Waals surface area contributed by atoms with E-state index in [2.05, 4.69) is 11.4 Å². The number of hydrogen-bond acceptors (Lipinski definition) is 4. The van der Waals surface area contributed by atoms with E-state index < -0.39 is 0 Å². The topological polar surface area (TPSA) is 66.5 Å². The molecule has 2 heterocycles. The monoisotopic (exact) mass is 334 g/mol. The van der Waals surface area contributed by atoms with Crippen molar-refractivity contribution in [3.05, 3.63) is 22.4 Å². The van der Waals surface area contributed by atoms with E-state index >= 15 is 0 Å². The summed E-state index contributed by atoms with van der Waals surface area (Å²) in [6.45, 7) is 0.200. The van der Waals surface area contributed by atoms with Crippen molar-refractivity contribution in [2.75, 3.05) is 6.54 Å². The molecule has 1 saturated heterocycles. The average Bonchev–Trinajstić information content (AvgIpc) is 3.27. The first-order chi connectivity index (χ1) is 11.1. The van der Waals surface area contributed by atoms with E-state index in [1.165, 1.54) is 22.6 Å². The van der Waals surface area contributed by atoms with Crippen molar-refractivity contribution in [1.29, 1.82) is 0 Å². The molecule has 0 bridgehead atoms. The van der Waals surface area contributed by atoms with Crippen LogP contribution < -0.4 is 5.32 Å². The molecule has 1 aliphatic heterocycles. The number of rotatable bonds is 6. The van der Waals surface area contributed by atoms with Gasteiger partial charge in [0.15, 0.2) is 0 Å². The molecule has 1 N–H and O–H groups in total. The minimum atomic E-state index is -0.159.